The highest BCUT2D eigenvalue weighted by Crippen LogP contribution is 2.44. The van der Waals surface area contributed by atoms with Gasteiger partial charge in [-0.05, 0) is 43.2 Å². The van der Waals surface area contributed by atoms with Crippen LogP contribution in [0.1, 0.15) is 40.2 Å². The first kappa shape index (κ1) is 14.7. The van der Waals surface area contributed by atoms with E-state index in [-0.39, 0.29) is 0 Å². The lowest BCUT2D eigenvalue weighted by molar-refractivity contribution is 0.456. The lowest BCUT2D eigenvalue weighted by Gasteiger charge is -2.31. The van der Waals surface area contributed by atoms with E-state index < -0.39 is 5.41 Å². The maximum absolute atomic E-state index is 10.1. The molecular formula is C18H16N6S. The number of nitrogens with two attached hydrogens (primary N) is 1. The van der Waals surface area contributed by atoms with Gasteiger partial charge in [-0.3, -0.25) is 0 Å². The average Bonchev–Trinajstić information content (AvgIpc) is 3.22. The van der Waals surface area contributed by atoms with Crippen LogP contribution in [0.3, 0.4) is 0 Å². The summed E-state index contributed by atoms with van der Waals surface area (Å²) in [6.07, 6.45) is 8.73. The molecule has 3 aromatic heterocycles. The van der Waals surface area contributed by atoms with E-state index >= 15 is 0 Å². The van der Waals surface area contributed by atoms with E-state index in [1.165, 1.54) is 16.9 Å². The van der Waals surface area contributed by atoms with Crippen LogP contribution in [-0.2, 0) is 31.1 Å². The summed E-state index contributed by atoms with van der Waals surface area (Å²) < 4.78 is 0. The van der Waals surface area contributed by atoms with Crippen molar-refractivity contribution in [3.8, 4) is 6.07 Å². The van der Waals surface area contributed by atoms with Crippen molar-refractivity contribution in [3.05, 3.63) is 39.9 Å². The van der Waals surface area contributed by atoms with Gasteiger partial charge in [-0.2, -0.15) is 5.26 Å². The molecule has 2 aliphatic carbocycles. The Morgan fingerprint density at radius 2 is 2.12 bits per heavy atom. The van der Waals surface area contributed by atoms with Gasteiger partial charge in [0, 0.05) is 28.6 Å². The van der Waals surface area contributed by atoms with Crippen LogP contribution in [-0.4, -0.2) is 19.9 Å². The quantitative estimate of drug-likeness (QED) is 0.725. The van der Waals surface area contributed by atoms with Crippen molar-refractivity contribution in [2.45, 2.75) is 43.9 Å². The number of rotatable bonds is 1. The number of anilines is 1. The van der Waals surface area contributed by atoms with Gasteiger partial charge in [0.15, 0.2) is 0 Å². The summed E-state index contributed by atoms with van der Waals surface area (Å²) >= 11 is 1.76. The molecule has 2 aliphatic rings. The number of fused-ring (bicyclic) bond motifs is 4. The fraction of sp³-hybridized carbons (Fsp3) is 0.389. The average molecular weight is 348 g/mol. The van der Waals surface area contributed by atoms with E-state index in [0.717, 1.165) is 40.0 Å². The van der Waals surface area contributed by atoms with Crippen molar-refractivity contribution in [2.24, 2.45) is 0 Å². The summed E-state index contributed by atoms with van der Waals surface area (Å²) in [5, 5.41) is 11.3. The summed E-state index contributed by atoms with van der Waals surface area (Å²) in [6.45, 7) is 0. The Balaban J connectivity index is 1.71. The smallest absolute Gasteiger partial charge is 0.220 e. The molecule has 7 heteroatoms. The molecule has 0 saturated carbocycles. The van der Waals surface area contributed by atoms with Gasteiger partial charge in [-0.1, -0.05) is 0 Å². The Hall–Kier alpha value is -2.59. The highest BCUT2D eigenvalue weighted by molar-refractivity contribution is 7.18. The van der Waals surface area contributed by atoms with Crippen LogP contribution in [0.5, 0.6) is 0 Å². The van der Waals surface area contributed by atoms with Crippen LogP contribution in [0.15, 0.2) is 12.5 Å². The molecule has 2 N–H and O–H groups in total. The summed E-state index contributed by atoms with van der Waals surface area (Å²) in [4.78, 5) is 20.0. The molecule has 1 atom stereocenters. The Morgan fingerprint density at radius 1 is 1.20 bits per heavy atom. The van der Waals surface area contributed by atoms with Crippen molar-refractivity contribution in [1.82, 2.24) is 19.9 Å². The Morgan fingerprint density at radius 3 is 3.00 bits per heavy atom. The summed E-state index contributed by atoms with van der Waals surface area (Å²) in [5.41, 5.74) is 9.28. The van der Waals surface area contributed by atoms with Crippen LogP contribution in [0, 0.1) is 11.3 Å². The lowest BCUT2D eigenvalue weighted by atomic mass is 9.71. The van der Waals surface area contributed by atoms with Gasteiger partial charge in [0.1, 0.15) is 16.6 Å². The van der Waals surface area contributed by atoms with Crippen LogP contribution in [0.4, 0.5) is 5.95 Å². The maximum Gasteiger partial charge on any atom is 0.220 e. The highest BCUT2D eigenvalue weighted by atomic mass is 32.1. The van der Waals surface area contributed by atoms with Gasteiger partial charge in [0.2, 0.25) is 5.95 Å². The largest absolute Gasteiger partial charge is 0.368 e. The lowest BCUT2D eigenvalue weighted by Crippen LogP contribution is -2.34. The molecule has 124 valence electrons. The minimum absolute atomic E-state index is 0.295. The number of nitriles is 1. The predicted octanol–water partition coefficient (Wildman–Crippen LogP) is 2.50. The third kappa shape index (κ3) is 2.07. The first-order valence-corrected chi connectivity index (χ1v) is 9.29. The first-order valence-electron chi connectivity index (χ1n) is 8.47. The molecule has 25 heavy (non-hydrogen) atoms. The zero-order valence-corrected chi connectivity index (χ0v) is 14.4. The Labute approximate surface area is 148 Å². The van der Waals surface area contributed by atoms with Gasteiger partial charge in [-0.15, -0.1) is 11.3 Å². The number of thiophene rings is 1. The number of aryl methyl sites for hydroxylation is 3. The standard InChI is InChI=1S/C18H16N6S/c19-8-18(5-4-12-10(6-18)7-21-17(20)24-12)15-14-11-2-1-3-13(11)25-16(14)23-9-22-15/h7,9H,1-6H2,(H2,20,21,24). The van der Waals surface area contributed by atoms with E-state index in [2.05, 4.69) is 26.0 Å². The van der Waals surface area contributed by atoms with E-state index in [1.54, 1.807) is 23.9 Å². The number of hydrogen-bond donors (Lipinski definition) is 1. The van der Waals surface area contributed by atoms with Gasteiger partial charge < -0.3 is 5.73 Å². The molecule has 3 aromatic rings. The second kappa shape index (κ2) is 5.20. The molecule has 6 nitrogen and oxygen atoms in total. The van der Waals surface area contributed by atoms with Crippen molar-refractivity contribution in [3.63, 3.8) is 0 Å². The summed E-state index contributed by atoms with van der Waals surface area (Å²) in [6, 6.07) is 2.59. The Bertz CT molecular complexity index is 1050. The zero-order chi connectivity index (χ0) is 17.0. The molecule has 3 heterocycles. The van der Waals surface area contributed by atoms with Crippen molar-refractivity contribution in [2.75, 3.05) is 5.73 Å². The number of nitrogen functional groups attached to an aromatic ring is 1. The summed E-state index contributed by atoms with van der Waals surface area (Å²) in [5.74, 6) is 0.295. The molecule has 0 bridgehead atoms. The molecule has 1 unspecified atom stereocenters. The SMILES string of the molecule is N#CC1(c2ncnc3sc4c(c23)CCC4)CCc2nc(N)ncc2C1. The molecule has 0 aliphatic heterocycles. The molecule has 0 amide bonds. The van der Waals surface area contributed by atoms with Crippen LogP contribution < -0.4 is 5.73 Å². The van der Waals surface area contributed by atoms with Crippen LogP contribution >= 0.6 is 11.3 Å². The fourth-order valence-corrected chi connectivity index (χ4v) is 5.44. The number of aromatic nitrogens is 4. The van der Waals surface area contributed by atoms with E-state index in [0.29, 0.717) is 25.2 Å². The second-order valence-electron chi connectivity index (χ2n) is 6.83. The molecule has 0 aromatic carbocycles. The molecular weight excluding hydrogens is 332 g/mol. The third-order valence-electron chi connectivity index (χ3n) is 5.42. The van der Waals surface area contributed by atoms with Crippen molar-refractivity contribution < 1.29 is 0 Å². The van der Waals surface area contributed by atoms with Gasteiger partial charge in [-0.25, -0.2) is 19.9 Å². The fourth-order valence-electron chi connectivity index (χ4n) is 4.21. The number of nitrogens with zero attached hydrogens (tertiary/aromatic N) is 5. The van der Waals surface area contributed by atoms with Crippen molar-refractivity contribution >= 4 is 27.5 Å². The zero-order valence-electron chi connectivity index (χ0n) is 13.6. The third-order valence-corrected chi connectivity index (χ3v) is 6.62. The molecule has 0 radical (unpaired) electrons. The van der Waals surface area contributed by atoms with Gasteiger partial charge in [0.25, 0.3) is 0 Å². The molecule has 0 spiro atoms. The Kier molecular flexibility index (Phi) is 3.06. The summed E-state index contributed by atoms with van der Waals surface area (Å²) in [7, 11) is 0. The van der Waals surface area contributed by atoms with Crippen LogP contribution in [0.25, 0.3) is 10.2 Å². The van der Waals surface area contributed by atoms with Crippen LogP contribution in [0.2, 0.25) is 0 Å². The highest BCUT2D eigenvalue weighted by Gasteiger charge is 2.41. The minimum atomic E-state index is -0.648. The molecule has 0 fully saturated rings. The monoisotopic (exact) mass is 348 g/mol. The maximum atomic E-state index is 10.1. The van der Waals surface area contributed by atoms with E-state index in [4.69, 9.17) is 5.73 Å². The minimum Gasteiger partial charge on any atom is -0.368 e. The van der Waals surface area contributed by atoms with E-state index in [9.17, 15) is 5.26 Å². The molecule has 0 saturated heterocycles. The second-order valence-corrected chi connectivity index (χ2v) is 7.91. The van der Waals surface area contributed by atoms with Crippen molar-refractivity contribution in [1.29, 1.82) is 5.26 Å². The topological polar surface area (TPSA) is 101 Å². The normalized spacial score (nSPS) is 21.7. The van der Waals surface area contributed by atoms with E-state index in [1.807, 2.05) is 0 Å². The van der Waals surface area contributed by atoms with Gasteiger partial charge in [0.05, 0.1) is 11.8 Å². The molecule has 5 rings (SSSR count). The predicted molar refractivity (Wildman–Crippen MR) is 95.2 cm³/mol. The first-order chi connectivity index (χ1) is 12.2. The number of hydrogen-bond acceptors (Lipinski definition) is 7. The van der Waals surface area contributed by atoms with Gasteiger partial charge >= 0.3 is 0 Å².